The number of halogens is 1. The van der Waals surface area contributed by atoms with Crippen molar-refractivity contribution in [1.82, 2.24) is 10.6 Å². The van der Waals surface area contributed by atoms with E-state index >= 15 is 0 Å². The van der Waals surface area contributed by atoms with Gasteiger partial charge in [-0.15, -0.1) is 0 Å². The minimum Gasteiger partial charge on any atom is -0.385 e. The highest BCUT2D eigenvalue weighted by Crippen LogP contribution is 2.27. The van der Waals surface area contributed by atoms with Gasteiger partial charge >= 0.3 is 0 Å². The number of amides is 1. The van der Waals surface area contributed by atoms with E-state index in [9.17, 15) is 9.18 Å². The lowest BCUT2D eigenvalue weighted by molar-refractivity contribution is 0.0955. The molecule has 0 aliphatic carbocycles. The Kier molecular flexibility index (Phi) is 7.93. The van der Waals surface area contributed by atoms with Gasteiger partial charge in [0, 0.05) is 19.3 Å². The molecule has 0 spiro atoms. The van der Waals surface area contributed by atoms with Crippen LogP contribution in [-0.4, -0.2) is 33.2 Å². The predicted octanol–water partition coefficient (Wildman–Crippen LogP) is 2.65. The summed E-state index contributed by atoms with van der Waals surface area (Å²) in [5, 5.41) is 5.85. The summed E-state index contributed by atoms with van der Waals surface area (Å²) in [5.41, 5.74) is 1.37. The largest absolute Gasteiger partial charge is 0.385 e. The minimum absolute atomic E-state index is 0.0596. The molecule has 0 saturated heterocycles. The van der Waals surface area contributed by atoms with Gasteiger partial charge in [-0.05, 0) is 50.2 Å². The number of ether oxygens (including phenoxy) is 1. The third kappa shape index (κ3) is 5.44. The van der Waals surface area contributed by atoms with Gasteiger partial charge in [-0.3, -0.25) is 4.79 Å². The Hall–Kier alpha value is -1.46. The summed E-state index contributed by atoms with van der Waals surface area (Å²) in [5.74, 6) is -0.397. The number of carbonyl (C=O) groups is 1. The number of unbranched alkanes of at least 4 members (excludes halogenated alkanes) is 1. The van der Waals surface area contributed by atoms with Gasteiger partial charge in [0.2, 0.25) is 0 Å². The fraction of sp³-hybridized carbons (Fsp3) is 0.562. The number of hydrogen-bond acceptors (Lipinski definition) is 3. The number of rotatable bonds is 6. The Labute approximate surface area is 126 Å². The van der Waals surface area contributed by atoms with Gasteiger partial charge in [-0.1, -0.05) is 13.3 Å². The van der Waals surface area contributed by atoms with Crippen molar-refractivity contribution >= 4 is 5.91 Å². The van der Waals surface area contributed by atoms with Gasteiger partial charge < -0.3 is 15.4 Å². The van der Waals surface area contributed by atoms with Gasteiger partial charge in [-0.25, -0.2) is 4.39 Å². The maximum atomic E-state index is 13.0. The van der Waals surface area contributed by atoms with E-state index in [0.717, 1.165) is 25.1 Å². The maximum Gasteiger partial charge on any atom is 0.252 e. The smallest absolute Gasteiger partial charge is 0.252 e. The normalized spacial score (nSPS) is 16.0. The van der Waals surface area contributed by atoms with Gasteiger partial charge in [-0.2, -0.15) is 0 Å². The average molecular weight is 296 g/mol. The van der Waals surface area contributed by atoms with Crippen LogP contribution in [-0.2, 0) is 4.74 Å². The van der Waals surface area contributed by atoms with Crippen molar-refractivity contribution < 1.29 is 13.9 Å². The molecule has 1 heterocycles. The van der Waals surface area contributed by atoms with Gasteiger partial charge in [0.05, 0.1) is 6.04 Å². The molecule has 0 aromatic heterocycles. The molecule has 2 N–H and O–H groups in total. The summed E-state index contributed by atoms with van der Waals surface area (Å²) >= 11 is 0. The zero-order chi connectivity index (χ0) is 15.7. The second-order valence-corrected chi connectivity index (χ2v) is 5.00. The summed E-state index contributed by atoms with van der Waals surface area (Å²) in [6.45, 7) is 3.86. The van der Waals surface area contributed by atoms with Crippen LogP contribution in [0.25, 0.3) is 0 Å². The monoisotopic (exact) mass is 296 g/mol. The number of carbonyl (C=O) groups excluding carboxylic acids is 1. The first kappa shape index (κ1) is 17.6. The van der Waals surface area contributed by atoms with Crippen molar-refractivity contribution in [3.8, 4) is 0 Å². The van der Waals surface area contributed by atoms with E-state index < -0.39 is 0 Å². The molecule has 1 aromatic rings. The summed E-state index contributed by atoms with van der Waals surface area (Å²) in [4.78, 5) is 11.5. The molecule has 0 bridgehead atoms. The lowest BCUT2D eigenvalue weighted by Gasteiger charge is -2.10. The predicted molar refractivity (Wildman–Crippen MR) is 81.9 cm³/mol. The molecule has 1 atom stereocenters. The van der Waals surface area contributed by atoms with E-state index in [2.05, 4.69) is 17.6 Å². The van der Waals surface area contributed by atoms with Crippen molar-refractivity contribution in [3.05, 3.63) is 35.1 Å². The van der Waals surface area contributed by atoms with E-state index in [1.807, 2.05) is 7.05 Å². The van der Waals surface area contributed by atoms with E-state index in [0.29, 0.717) is 5.56 Å². The van der Waals surface area contributed by atoms with Crippen molar-refractivity contribution in [3.63, 3.8) is 0 Å². The Morgan fingerprint density at radius 3 is 2.76 bits per heavy atom. The van der Waals surface area contributed by atoms with E-state index in [1.165, 1.54) is 25.0 Å². The van der Waals surface area contributed by atoms with Crippen molar-refractivity contribution in [2.24, 2.45) is 0 Å². The minimum atomic E-state index is -0.292. The lowest BCUT2D eigenvalue weighted by atomic mass is 10.0. The zero-order valence-electron chi connectivity index (χ0n) is 13.0. The third-order valence-corrected chi connectivity index (χ3v) is 3.32. The van der Waals surface area contributed by atoms with E-state index in [4.69, 9.17) is 4.74 Å². The fourth-order valence-electron chi connectivity index (χ4n) is 2.15. The van der Waals surface area contributed by atoms with E-state index in [1.54, 1.807) is 13.2 Å². The quantitative estimate of drug-likeness (QED) is 0.794. The lowest BCUT2D eigenvalue weighted by Crippen LogP contribution is -2.22. The highest BCUT2D eigenvalue weighted by molar-refractivity contribution is 5.99. The van der Waals surface area contributed by atoms with Crippen LogP contribution in [0.1, 0.15) is 48.1 Å². The first-order valence-electron chi connectivity index (χ1n) is 7.37. The number of benzene rings is 1. The molecule has 1 aliphatic heterocycles. The van der Waals surface area contributed by atoms with Gasteiger partial charge in [0.25, 0.3) is 5.91 Å². The molecule has 1 amide bonds. The molecule has 0 fully saturated rings. The Morgan fingerprint density at radius 2 is 2.19 bits per heavy atom. The molecule has 118 valence electrons. The van der Waals surface area contributed by atoms with Crippen LogP contribution in [0, 0.1) is 5.82 Å². The van der Waals surface area contributed by atoms with Gasteiger partial charge in [0.1, 0.15) is 5.82 Å². The zero-order valence-corrected chi connectivity index (χ0v) is 13.0. The molecule has 0 saturated carbocycles. The van der Waals surface area contributed by atoms with Crippen LogP contribution in [0.4, 0.5) is 4.39 Å². The second-order valence-electron chi connectivity index (χ2n) is 5.00. The van der Waals surface area contributed by atoms with Crippen molar-refractivity contribution in [1.29, 1.82) is 0 Å². The Bertz CT molecular complexity index is 448. The van der Waals surface area contributed by atoms with Crippen LogP contribution >= 0.6 is 0 Å². The molecule has 2 rings (SSSR count). The van der Waals surface area contributed by atoms with Crippen LogP contribution in [0.3, 0.4) is 0 Å². The number of fused-ring (bicyclic) bond motifs is 1. The highest BCUT2D eigenvalue weighted by Gasteiger charge is 2.27. The molecule has 0 radical (unpaired) electrons. The van der Waals surface area contributed by atoms with Gasteiger partial charge in [0.15, 0.2) is 0 Å². The third-order valence-electron chi connectivity index (χ3n) is 3.32. The second kappa shape index (κ2) is 9.47. The molecular formula is C16H25FN2O2. The SMILES string of the molecule is CCCCOC.CNCCC1NC(=O)c2ccc(F)cc21. The number of methoxy groups -OCH3 is 1. The fourth-order valence-corrected chi connectivity index (χ4v) is 2.15. The molecule has 1 aromatic carbocycles. The van der Waals surface area contributed by atoms with Crippen molar-refractivity contribution in [2.45, 2.75) is 32.2 Å². The van der Waals surface area contributed by atoms with Crippen LogP contribution in [0.15, 0.2) is 18.2 Å². The molecule has 1 unspecified atom stereocenters. The summed E-state index contributed by atoms with van der Waals surface area (Å²) < 4.78 is 17.8. The topological polar surface area (TPSA) is 50.4 Å². The summed E-state index contributed by atoms with van der Waals surface area (Å²) in [6.07, 6.45) is 3.20. The Balaban J connectivity index is 0.000000315. The Morgan fingerprint density at radius 1 is 1.43 bits per heavy atom. The number of nitrogens with one attached hydrogen (secondary N) is 2. The highest BCUT2D eigenvalue weighted by atomic mass is 19.1. The molecule has 1 aliphatic rings. The summed E-state index contributed by atoms with van der Waals surface area (Å²) in [7, 11) is 3.58. The van der Waals surface area contributed by atoms with E-state index in [-0.39, 0.29) is 17.8 Å². The first-order chi connectivity index (χ1) is 10.1. The molecule has 21 heavy (non-hydrogen) atoms. The molecule has 5 heteroatoms. The molecule has 4 nitrogen and oxygen atoms in total. The van der Waals surface area contributed by atoms with Crippen molar-refractivity contribution in [2.75, 3.05) is 27.3 Å². The standard InChI is InChI=1S/C11H13FN2O.C5H12O/c1-13-5-4-10-9-6-7(12)2-3-8(9)11(15)14-10;1-3-4-5-6-2/h2-3,6,10,13H,4-5H2,1H3,(H,14,15);3-5H2,1-2H3. The summed E-state index contributed by atoms with van der Waals surface area (Å²) in [6, 6.07) is 4.24. The number of hydrogen-bond donors (Lipinski definition) is 2. The maximum absolute atomic E-state index is 13.0. The van der Waals surface area contributed by atoms with Crippen LogP contribution in [0.2, 0.25) is 0 Å². The average Bonchev–Trinajstić information content (AvgIpc) is 2.79. The van der Waals surface area contributed by atoms with Crippen LogP contribution in [0.5, 0.6) is 0 Å². The first-order valence-corrected chi connectivity index (χ1v) is 7.37. The molecular weight excluding hydrogens is 271 g/mol. The van der Waals surface area contributed by atoms with Crippen LogP contribution < -0.4 is 10.6 Å².